The fraction of sp³-hybridized carbons (Fsp3) is 0.667. The van der Waals surface area contributed by atoms with Gasteiger partial charge in [-0.3, -0.25) is 9.59 Å². The van der Waals surface area contributed by atoms with Crippen LogP contribution in [0.4, 0.5) is 5.69 Å². The van der Waals surface area contributed by atoms with Crippen molar-refractivity contribution in [2.75, 3.05) is 32.7 Å². The first-order chi connectivity index (χ1) is 8.22. The largest absolute Gasteiger partial charge is 0.491 e. The lowest BCUT2D eigenvalue weighted by Crippen LogP contribution is -2.35. The van der Waals surface area contributed by atoms with E-state index in [2.05, 4.69) is 5.32 Å². The third-order valence-corrected chi connectivity index (χ3v) is 2.65. The topological polar surface area (TPSA) is 64.6 Å². The van der Waals surface area contributed by atoms with Crippen molar-refractivity contribution in [2.24, 2.45) is 0 Å². The van der Waals surface area contributed by atoms with Gasteiger partial charge in [0.1, 0.15) is 5.69 Å². The molecule has 1 N–H and O–H groups in total. The van der Waals surface area contributed by atoms with Crippen LogP contribution in [0.2, 0.25) is 0 Å². The first-order valence-electron chi connectivity index (χ1n) is 5.82. The minimum atomic E-state index is -0.532. The molecule has 0 spiro atoms. The lowest BCUT2D eigenvalue weighted by molar-refractivity contribution is 0.192. The molecule has 0 radical (unpaired) electrons. The highest BCUT2D eigenvalue weighted by atomic mass is 16.5. The van der Waals surface area contributed by atoms with Gasteiger partial charge in [0.2, 0.25) is 0 Å². The minimum absolute atomic E-state index is 0.161. The minimum Gasteiger partial charge on any atom is -0.491 e. The van der Waals surface area contributed by atoms with Crippen LogP contribution in [0.3, 0.4) is 0 Å². The summed E-state index contributed by atoms with van der Waals surface area (Å²) < 4.78 is 9.77. The Hall–Kier alpha value is -1.36. The van der Waals surface area contributed by atoms with Gasteiger partial charge in [-0.2, -0.15) is 0 Å². The van der Waals surface area contributed by atoms with Gasteiger partial charge in [-0.1, -0.05) is 12.8 Å². The normalized spacial score (nSPS) is 10.7. The molecular formula is C12H19NO4. The van der Waals surface area contributed by atoms with Gasteiger partial charge in [0, 0.05) is 20.3 Å². The molecule has 0 heterocycles. The number of anilines is 1. The standard InChI is InChI=1S/C12H19NO4/c1-16-8-6-4-3-5-7-13-9-10(14)11(15)12(9)17-2/h13H,3-8H2,1-2H3. The Balaban J connectivity index is 2.17. The van der Waals surface area contributed by atoms with Crippen molar-refractivity contribution in [1.29, 1.82) is 0 Å². The number of methoxy groups -OCH3 is 2. The zero-order valence-electron chi connectivity index (χ0n) is 10.4. The van der Waals surface area contributed by atoms with Crippen molar-refractivity contribution in [3.05, 3.63) is 20.4 Å². The number of unbranched alkanes of at least 4 members (excludes halogenated alkanes) is 3. The van der Waals surface area contributed by atoms with E-state index in [0.717, 1.165) is 32.3 Å². The predicted octanol–water partition coefficient (Wildman–Crippen LogP) is 0.910. The summed E-state index contributed by atoms with van der Waals surface area (Å²) in [6.45, 7) is 1.48. The van der Waals surface area contributed by atoms with Crippen molar-refractivity contribution < 1.29 is 9.47 Å². The van der Waals surface area contributed by atoms with Crippen molar-refractivity contribution in [1.82, 2.24) is 0 Å². The van der Waals surface area contributed by atoms with Crippen molar-refractivity contribution in [2.45, 2.75) is 25.7 Å². The molecule has 0 aliphatic heterocycles. The van der Waals surface area contributed by atoms with E-state index < -0.39 is 10.9 Å². The molecule has 0 atom stereocenters. The lowest BCUT2D eigenvalue weighted by atomic mass is 10.2. The van der Waals surface area contributed by atoms with Gasteiger partial charge in [0.15, 0.2) is 5.75 Å². The SMILES string of the molecule is COCCCCCCNc1c(OC)c(=O)c1=O. The molecule has 0 unspecified atom stereocenters. The first-order valence-corrected chi connectivity index (χ1v) is 5.82. The van der Waals surface area contributed by atoms with Gasteiger partial charge in [0.25, 0.3) is 10.9 Å². The monoisotopic (exact) mass is 241 g/mol. The van der Waals surface area contributed by atoms with Gasteiger partial charge in [0.05, 0.1) is 7.11 Å². The van der Waals surface area contributed by atoms with E-state index >= 15 is 0 Å². The van der Waals surface area contributed by atoms with Crippen LogP contribution < -0.4 is 20.9 Å². The second-order valence-corrected chi connectivity index (χ2v) is 3.90. The molecule has 0 bridgehead atoms. The average molecular weight is 241 g/mol. The number of ether oxygens (including phenoxy) is 2. The molecule has 17 heavy (non-hydrogen) atoms. The highest BCUT2D eigenvalue weighted by Crippen LogP contribution is 2.16. The number of hydrogen-bond donors (Lipinski definition) is 1. The molecule has 5 heteroatoms. The van der Waals surface area contributed by atoms with Crippen molar-refractivity contribution in [3.63, 3.8) is 0 Å². The fourth-order valence-electron chi connectivity index (χ4n) is 1.66. The van der Waals surface area contributed by atoms with E-state index in [4.69, 9.17) is 9.47 Å². The van der Waals surface area contributed by atoms with Gasteiger partial charge in [-0.05, 0) is 12.8 Å². The van der Waals surface area contributed by atoms with Crippen LogP contribution in [0.25, 0.3) is 0 Å². The van der Waals surface area contributed by atoms with Crippen LogP contribution in [-0.2, 0) is 4.74 Å². The van der Waals surface area contributed by atoms with E-state index in [9.17, 15) is 9.59 Å². The van der Waals surface area contributed by atoms with Crippen LogP contribution in [-0.4, -0.2) is 27.4 Å². The van der Waals surface area contributed by atoms with Crippen LogP contribution >= 0.6 is 0 Å². The van der Waals surface area contributed by atoms with Gasteiger partial charge < -0.3 is 14.8 Å². The average Bonchev–Trinajstić information content (AvgIpc) is 2.35. The quantitative estimate of drug-likeness (QED) is 0.514. The molecule has 0 fully saturated rings. The van der Waals surface area contributed by atoms with Crippen molar-refractivity contribution >= 4 is 5.69 Å². The molecule has 0 aliphatic rings. The molecule has 0 saturated heterocycles. The number of hydrogen-bond acceptors (Lipinski definition) is 5. The zero-order valence-corrected chi connectivity index (χ0v) is 10.4. The zero-order chi connectivity index (χ0) is 12.7. The summed E-state index contributed by atoms with van der Waals surface area (Å²) in [6.07, 6.45) is 4.21. The van der Waals surface area contributed by atoms with E-state index in [-0.39, 0.29) is 5.75 Å². The first kappa shape index (κ1) is 13.7. The molecule has 5 nitrogen and oxygen atoms in total. The van der Waals surface area contributed by atoms with Crippen LogP contribution in [0, 0.1) is 0 Å². The summed E-state index contributed by atoms with van der Waals surface area (Å²) in [5.41, 5.74) is -0.675. The molecule has 1 rings (SSSR count). The van der Waals surface area contributed by atoms with Crippen LogP contribution in [0.15, 0.2) is 9.59 Å². The third-order valence-electron chi connectivity index (χ3n) is 2.65. The molecule has 0 saturated carbocycles. The van der Waals surface area contributed by atoms with Crippen molar-refractivity contribution in [3.8, 4) is 5.75 Å². The smallest absolute Gasteiger partial charge is 0.271 e. The van der Waals surface area contributed by atoms with Gasteiger partial charge in [-0.25, -0.2) is 0 Å². The van der Waals surface area contributed by atoms with E-state index in [1.165, 1.54) is 7.11 Å². The second kappa shape index (κ2) is 7.06. The lowest BCUT2D eigenvalue weighted by Gasteiger charge is -2.11. The maximum Gasteiger partial charge on any atom is 0.271 e. The van der Waals surface area contributed by atoms with Crippen LogP contribution in [0.5, 0.6) is 5.75 Å². The highest BCUT2D eigenvalue weighted by Gasteiger charge is 2.20. The summed E-state index contributed by atoms with van der Waals surface area (Å²) in [5.74, 6) is 0.161. The summed E-state index contributed by atoms with van der Waals surface area (Å²) in [5, 5.41) is 2.94. The Morgan fingerprint density at radius 3 is 2.35 bits per heavy atom. The Kier molecular flexibility index (Phi) is 5.69. The maximum atomic E-state index is 11.2. The maximum absolute atomic E-state index is 11.2. The Labute approximate surface area is 100 Å². The number of rotatable bonds is 9. The van der Waals surface area contributed by atoms with E-state index in [0.29, 0.717) is 12.2 Å². The molecule has 1 aromatic carbocycles. The molecule has 96 valence electrons. The molecule has 1 aromatic rings. The Morgan fingerprint density at radius 2 is 1.71 bits per heavy atom. The summed E-state index contributed by atoms with van der Waals surface area (Å²) >= 11 is 0. The molecule has 0 amide bonds. The fourth-order valence-corrected chi connectivity index (χ4v) is 1.66. The summed E-state index contributed by atoms with van der Waals surface area (Å²) in [7, 11) is 3.09. The Bertz CT molecular complexity index is 407. The highest BCUT2D eigenvalue weighted by molar-refractivity contribution is 5.61. The Morgan fingerprint density at radius 1 is 1.00 bits per heavy atom. The van der Waals surface area contributed by atoms with Gasteiger partial charge in [-0.15, -0.1) is 0 Å². The van der Waals surface area contributed by atoms with Crippen LogP contribution in [0.1, 0.15) is 25.7 Å². The van der Waals surface area contributed by atoms with E-state index in [1.807, 2.05) is 0 Å². The third kappa shape index (κ3) is 3.56. The summed E-state index contributed by atoms with van der Waals surface area (Å²) in [6, 6.07) is 0. The molecule has 0 aliphatic carbocycles. The number of nitrogens with one attached hydrogen (secondary N) is 1. The summed E-state index contributed by atoms with van der Waals surface area (Å²) in [4.78, 5) is 22.2. The second-order valence-electron chi connectivity index (χ2n) is 3.90. The molecule has 0 aromatic heterocycles. The van der Waals surface area contributed by atoms with Gasteiger partial charge >= 0.3 is 0 Å². The molecular weight excluding hydrogens is 222 g/mol. The van der Waals surface area contributed by atoms with E-state index in [1.54, 1.807) is 7.11 Å². The predicted molar refractivity (Wildman–Crippen MR) is 66.7 cm³/mol.